The van der Waals surface area contributed by atoms with E-state index in [4.69, 9.17) is 9.47 Å². The predicted octanol–water partition coefficient (Wildman–Crippen LogP) is 5.17. The van der Waals surface area contributed by atoms with Crippen LogP contribution in [-0.2, 0) is 35.1 Å². The minimum atomic E-state index is -0.764. The molecule has 0 spiro atoms. The minimum absolute atomic E-state index is 0.0154. The normalized spacial score (nSPS) is 18.6. The van der Waals surface area contributed by atoms with Crippen molar-refractivity contribution in [1.29, 1.82) is 0 Å². The highest BCUT2D eigenvalue weighted by atomic mass is 32.1. The van der Waals surface area contributed by atoms with Gasteiger partial charge in [0, 0.05) is 39.4 Å². The van der Waals surface area contributed by atoms with Crippen LogP contribution in [0.2, 0.25) is 0 Å². The number of ether oxygens (including phenoxy) is 2. The lowest BCUT2D eigenvalue weighted by molar-refractivity contribution is -0.148. The number of carbonyl (C=O) groups excluding carboxylic acids is 4. The highest BCUT2D eigenvalue weighted by Crippen LogP contribution is 2.30. The van der Waals surface area contributed by atoms with Gasteiger partial charge in [0.2, 0.25) is 23.6 Å². The second kappa shape index (κ2) is 24.7. The van der Waals surface area contributed by atoms with Gasteiger partial charge in [-0.25, -0.2) is 4.98 Å². The topological polar surface area (TPSA) is 145 Å². The van der Waals surface area contributed by atoms with Crippen molar-refractivity contribution < 1.29 is 28.7 Å². The van der Waals surface area contributed by atoms with Crippen LogP contribution in [0.1, 0.15) is 97.2 Å². The van der Waals surface area contributed by atoms with Crippen LogP contribution in [0.25, 0.3) is 0 Å². The Morgan fingerprint density at radius 1 is 0.966 bits per heavy atom. The van der Waals surface area contributed by atoms with Gasteiger partial charge in [0.25, 0.3) is 0 Å². The van der Waals surface area contributed by atoms with Crippen LogP contribution in [0.5, 0.6) is 0 Å². The molecule has 0 saturated carbocycles. The number of amides is 4. The van der Waals surface area contributed by atoms with Gasteiger partial charge in [0.1, 0.15) is 11.0 Å². The molecule has 13 nitrogen and oxygen atoms in total. The fourth-order valence-corrected chi connectivity index (χ4v) is 9.38. The number of likely N-dealkylation sites (N-methyl/N-ethyl adjacent to an activating group) is 2. The van der Waals surface area contributed by atoms with Crippen LogP contribution in [0.15, 0.2) is 41.9 Å². The Labute approximate surface area is 358 Å². The summed E-state index contributed by atoms with van der Waals surface area (Å²) >= 11 is 1.51. The van der Waals surface area contributed by atoms with Crippen molar-refractivity contribution in [3.05, 3.63) is 52.5 Å². The van der Waals surface area contributed by atoms with E-state index >= 15 is 0 Å². The van der Waals surface area contributed by atoms with E-state index in [9.17, 15) is 19.2 Å². The van der Waals surface area contributed by atoms with Gasteiger partial charge in [-0.05, 0) is 76.2 Å². The van der Waals surface area contributed by atoms with Gasteiger partial charge in [-0.15, -0.1) is 11.3 Å². The number of nitrogens with one attached hydrogen (secondary N) is 3. The maximum Gasteiger partial charge on any atom is 0.245 e. The standard InChI is InChI=1S/C45H75N7O6S/c1-13-31(6)40(51(10)45(56)38(29(2)3)49-43(55)39(30(4)5)50(9)24-18-22-46-8)36(57-11)28-37(53)52-25-17-21-35(52)41(58-12)32(7)42(54)48-34(44-47-23-26-59-44)27-33-19-15-14-16-20-33/h14-16,19-20,23,26,29-32,34-36,38-41,46H,13,17-18,21-22,24-25,27-28H2,1-12H3,(H,48,54)(H,49,55). The lowest BCUT2D eigenvalue weighted by Gasteiger charge is -2.41. The molecule has 1 aromatic heterocycles. The number of aromatic nitrogens is 1. The SMILES string of the molecule is CCC(C)C(C(CC(=O)N1CCCC1C(OC)C(C)C(=O)NC(Cc1ccccc1)c1nccs1)OC)N(C)C(=O)C(NC(=O)C(C(C)C)N(C)CCCNC)C(C)C. The van der Waals surface area contributed by atoms with Crippen molar-refractivity contribution in [3.63, 3.8) is 0 Å². The zero-order valence-corrected chi connectivity index (χ0v) is 38.7. The van der Waals surface area contributed by atoms with Crippen molar-refractivity contribution in [2.45, 2.75) is 129 Å². The molecule has 3 rings (SSSR count). The zero-order valence-electron chi connectivity index (χ0n) is 37.9. The summed E-state index contributed by atoms with van der Waals surface area (Å²) in [6.45, 7) is 16.1. The van der Waals surface area contributed by atoms with Crippen molar-refractivity contribution in [2.75, 3.05) is 55.0 Å². The Bertz CT molecular complexity index is 1560. The molecular formula is C45H75N7O6S. The maximum atomic E-state index is 14.5. The molecule has 0 bridgehead atoms. The fourth-order valence-electron chi connectivity index (χ4n) is 8.69. The summed E-state index contributed by atoms with van der Waals surface area (Å²) in [6.07, 6.45) is 4.36. The third-order valence-electron chi connectivity index (χ3n) is 12.2. The molecule has 332 valence electrons. The fraction of sp³-hybridized carbons (Fsp3) is 0.711. The molecule has 2 heterocycles. The summed E-state index contributed by atoms with van der Waals surface area (Å²) in [7, 11) is 8.82. The second-order valence-electron chi connectivity index (χ2n) is 17.1. The van der Waals surface area contributed by atoms with Gasteiger partial charge < -0.3 is 35.2 Å². The van der Waals surface area contributed by atoms with Gasteiger partial charge in [-0.2, -0.15) is 0 Å². The lowest BCUT2D eigenvalue weighted by atomic mass is 9.89. The average Bonchev–Trinajstić information content (AvgIpc) is 3.93. The average molecular weight is 842 g/mol. The third kappa shape index (κ3) is 13.8. The summed E-state index contributed by atoms with van der Waals surface area (Å²) in [5.41, 5.74) is 1.09. The molecular weight excluding hydrogens is 767 g/mol. The highest BCUT2D eigenvalue weighted by molar-refractivity contribution is 7.09. The Morgan fingerprint density at radius 3 is 2.22 bits per heavy atom. The molecule has 2 aromatic rings. The van der Waals surface area contributed by atoms with Crippen LogP contribution in [-0.4, -0.2) is 135 Å². The quantitative estimate of drug-likeness (QED) is 0.115. The maximum absolute atomic E-state index is 14.5. The zero-order chi connectivity index (χ0) is 43.8. The molecule has 59 heavy (non-hydrogen) atoms. The first-order valence-corrected chi connectivity index (χ1v) is 22.5. The summed E-state index contributed by atoms with van der Waals surface area (Å²) < 4.78 is 12.2. The van der Waals surface area contributed by atoms with Crippen molar-refractivity contribution in [2.24, 2.45) is 23.7 Å². The van der Waals surface area contributed by atoms with E-state index in [-0.39, 0.29) is 59.9 Å². The molecule has 9 atom stereocenters. The largest absolute Gasteiger partial charge is 0.379 e. The van der Waals surface area contributed by atoms with Gasteiger partial charge in [0.05, 0.1) is 48.7 Å². The van der Waals surface area contributed by atoms with Gasteiger partial charge in [-0.1, -0.05) is 85.2 Å². The monoisotopic (exact) mass is 842 g/mol. The van der Waals surface area contributed by atoms with Gasteiger partial charge >= 0.3 is 0 Å². The number of benzene rings is 1. The van der Waals surface area contributed by atoms with E-state index in [0.29, 0.717) is 19.4 Å². The van der Waals surface area contributed by atoms with E-state index in [0.717, 1.165) is 42.9 Å². The Hall–Kier alpha value is -3.43. The summed E-state index contributed by atoms with van der Waals surface area (Å²) in [5.74, 6) is -1.37. The Balaban J connectivity index is 1.78. The molecule has 4 amide bonds. The smallest absolute Gasteiger partial charge is 0.245 e. The molecule has 1 aliphatic heterocycles. The van der Waals surface area contributed by atoms with Crippen LogP contribution in [0, 0.1) is 23.7 Å². The molecule has 1 aromatic carbocycles. The van der Waals surface area contributed by atoms with E-state index in [1.807, 2.05) is 89.3 Å². The summed E-state index contributed by atoms with van der Waals surface area (Å²) in [6, 6.07) is 7.80. The number of hydrogen-bond donors (Lipinski definition) is 3. The molecule has 1 aliphatic rings. The number of carbonyl (C=O) groups is 4. The Kier molecular flexibility index (Phi) is 20.9. The van der Waals surface area contributed by atoms with Crippen molar-refractivity contribution in [1.82, 2.24) is 35.6 Å². The Morgan fingerprint density at radius 2 is 1.66 bits per heavy atom. The van der Waals surface area contributed by atoms with Crippen LogP contribution >= 0.6 is 11.3 Å². The number of hydrogen-bond acceptors (Lipinski definition) is 10. The van der Waals surface area contributed by atoms with Crippen molar-refractivity contribution in [3.8, 4) is 0 Å². The molecule has 0 radical (unpaired) electrons. The molecule has 9 unspecified atom stereocenters. The van der Waals surface area contributed by atoms with Crippen LogP contribution in [0.3, 0.4) is 0 Å². The third-order valence-corrected chi connectivity index (χ3v) is 13.0. The molecule has 3 N–H and O–H groups in total. The van der Waals surface area contributed by atoms with Crippen LogP contribution in [0.4, 0.5) is 0 Å². The van der Waals surface area contributed by atoms with E-state index in [1.165, 1.54) is 11.3 Å². The first-order chi connectivity index (χ1) is 28.1. The predicted molar refractivity (Wildman–Crippen MR) is 236 cm³/mol. The molecule has 14 heteroatoms. The number of nitrogens with zero attached hydrogens (tertiary/aromatic N) is 4. The highest BCUT2D eigenvalue weighted by Gasteiger charge is 2.43. The van der Waals surface area contributed by atoms with E-state index in [2.05, 4.69) is 39.7 Å². The van der Waals surface area contributed by atoms with E-state index < -0.39 is 36.3 Å². The molecule has 1 saturated heterocycles. The van der Waals surface area contributed by atoms with Crippen LogP contribution < -0.4 is 16.0 Å². The first kappa shape index (κ1) is 49.9. The second-order valence-corrected chi connectivity index (χ2v) is 18.0. The number of methoxy groups -OCH3 is 2. The van der Waals surface area contributed by atoms with E-state index in [1.54, 1.807) is 32.4 Å². The lowest BCUT2D eigenvalue weighted by Crippen LogP contribution is -2.60. The number of rotatable bonds is 25. The number of thiazole rings is 1. The molecule has 1 fully saturated rings. The first-order valence-electron chi connectivity index (χ1n) is 21.6. The summed E-state index contributed by atoms with van der Waals surface area (Å²) in [5, 5.41) is 12.3. The van der Waals surface area contributed by atoms with Crippen molar-refractivity contribution >= 4 is 35.0 Å². The number of likely N-dealkylation sites (tertiary alicyclic amines) is 1. The minimum Gasteiger partial charge on any atom is -0.379 e. The van der Waals surface area contributed by atoms with Gasteiger partial charge in [-0.3, -0.25) is 24.1 Å². The van der Waals surface area contributed by atoms with Gasteiger partial charge in [0.15, 0.2) is 0 Å². The summed E-state index contributed by atoms with van der Waals surface area (Å²) in [4.78, 5) is 66.8. The molecule has 0 aliphatic carbocycles.